The monoisotopic (exact) mass is 302 g/mol. The molecule has 0 fully saturated rings. The number of hydrogen-bond acceptors (Lipinski definition) is 4. The molecule has 0 saturated carbocycles. The summed E-state index contributed by atoms with van der Waals surface area (Å²) in [5, 5.41) is 6.41. The molecule has 0 radical (unpaired) electrons. The van der Waals surface area contributed by atoms with E-state index in [4.69, 9.17) is 9.26 Å². The fourth-order valence-electron chi connectivity index (χ4n) is 2.04. The number of carbonyl (C=O) groups is 1. The van der Waals surface area contributed by atoms with Crippen molar-refractivity contribution in [2.45, 2.75) is 39.5 Å². The van der Waals surface area contributed by atoms with Gasteiger partial charge in [-0.3, -0.25) is 4.79 Å². The van der Waals surface area contributed by atoms with Gasteiger partial charge in [0.1, 0.15) is 11.5 Å². The van der Waals surface area contributed by atoms with Gasteiger partial charge in [-0.25, -0.2) is 0 Å². The van der Waals surface area contributed by atoms with Crippen molar-refractivity contribution < 1.29 is 14.1 Å². The van der Waals surface area contributed by atoms with Crippen LogP contribution in [0.1, 0.15) is 48.7 Å². The van der Waals surface area contributed by atoms with Crippen LogP contribution in [0.5, 0.6) is 5.75 Å². The minimum absolute atomic E-state index is 0.220. The van der Waals surface area contributed by atoms with Gasteiger partial charge < -0.3 is 14.6 Å². The second kappa shape index (κ2) is 8.22. The van der Waals surface area contributed by atoms with E-state index in [0.29, 0.717) is 23.7 Å². The Kier molecular flexibility index (Phi) is 6.01. The number of nitrogens with one attached hydrogen (secondary N) is 1. The van der Waals surface area contributed by atoms with Gasteiger partial charge in [-0.15, -0.1) is 0 Å². The maximum atomic E-state index is 12.0. The van der Waals surface area contributed by atoms with E-state index < -0.39 is 0 Å². The first kappa shape index (κ1) is 16.1. The fraction of sp³-hybridized carbons (Fsp3) is 0.412. The molecule has 0 unspecified atom stereocenters. The number of amides is 1. The summed E-state index contributed by atoms with van der Waals surface area (Å²) in [6, 6.07) is 8.77. The van der Waals surface area contributed by atoms with Gasteiger partial charge in [-0.1, -0.05) is 31.3 Å². The number of benzene rings is 1. The summed E-state index contributed by atoms with van der Waals surface area (Å²) >= 11 is 0. The number of carbonyl (C=O) groups excluding carboxylic acids is 1. The number of aryl methyl sites for hydroxylation is 1. The lowest BCUT2D eigenvalue weighted by atomic mass is 10.2. The van der Waals surface area contributed by atoms with Crippen molar-refractivity contribution in [3.05, 3.63) is 41.7 Å². The quantitative estimate of drug-likeness (QED) is 0.742. The van der Waals surface area contributed by atoms with Crippen LogP contribution in [0, 0.1) is 6.92 Å². The molecule has 1 aromatic heterocycles. The van der Waals surface area contributed by atoms with Gasteiger partial charge in [0.05, 0.1) is 6.61 Å². The van der Waals surface area contributed by atoms with Gasteiger partial charge in [-0.2, -0.15) is 0 Å². The zero-order valence-corrected chi connectivity index (χ0v) is 13.1. The van der Waals surface area contributed by atoms with Crippen LogP contribution >= 0.6 is 0 Å². The third-order valence-electron chi connectivity index (χ3n) is 3.25. The van der Waals surface area contributed by atoms with Gasteiger partial charge >= 0.3 is 0 Å². The molecule has 118 valence electrons. The molecule has 1 amide bonds. The fourth-order valence-corrected chi connectivity index (χ4v) is 2.04. The first-order valence-corrected chi connectivity index (χ1v) is 7.66. The smallest absolute Gasteiger partial charge is 0.256 e. The number of nitrogens with zero attached hydrogens (tertiary/aromatic N) is 1. The minimum atomic E-state index is -0.220. The van der Waals surface area contributed by atoms with E-state index in [1.165, 1.54) is 19.3 Å². The van der Waals surface area contributed by atoms with Crippen LogP contribution in [-0.4, -0.2) is 17.7 Å². The molecule has 0 spiro atoms. The lowest BCUT2D eigenvalue weighted by Crippen LogP contribution is -2.11. The molecule has 0 aliphatic heterocycles. The Labute approximate surface area is 130 Å². The topological polar surface area (TPSA) is 64.4 Å². The lowest BCUT2D eigenvalue weighted by Gasteiger charge is -2.07. The summed E-state index contributed by atoms with van der Waals surface area (Å²) in [4.78, 5) is 12.0. The number of anilines is 1. The Balaban J connectivity index is 1.81. The van der Waals surface area contributed by atoms with E-state index in [1.807, 2.05) is 12.1 Å². The zero-order chi connectivity index (χ0) is 15.8. The standard InChI is InChI=1S/C17H22N2O3/c1-3-4-5-6-11-21-15-9-7-14(8-10-15)17(20)18-16-12-13(2)22-19-16/h7-10,12H,3-6,11H2,1-2H3,(H,18,19,20). The Morgan fingerprint density at radius 3 is 2.64 bits per heavy atom. The molecule has 0 atom stereocenters. The van der Waals surface area contributed by atoms with Gasteiger partial charge in [0.25, 0.3) is 5.91 Å². The molecule has 1 heterocycles. The summed E-state index contributed by atoms with van der Waals surface area (Å²) in [6.07, 6.45) is 4.70. The molecule has 2 rings (SSSR count). The van der Waals surface area contributed by atoms with E-state index in [1.54, 1.807) is 25.1 Å². The van der Waals surface area contributed by atoms with Crippen molar-refractivity contribution in [2.24, 2.45) is 0 Å². The first-order chi connectivity index (χ1) is 10.7. The van der Waals surface area contributed by atoms with Crippen LogP contribution in [0.3, 0.4) is 0 Å². The van der Waals surface area contributed by atoms with E-state index >= 15 is 0 Å². The molecule has 5 nitrogen and oxygen atoms in total. The summed E-state index contributed by atoms with van der Waals surface area (Å²) in [7, 11) is 0. The number of rotatable bonds is 8. The summed E-state index contributed by atoms with van der Waals surface area (Å²) in [5.41, 5.74) is 0.555. The summed E-state index contributed by atoms with van der Waals surface area (Å²) < 4.78 is 10.6. The first-order valence-electron chi connectivity index (χ1n) is 7.66. The van der Waals surface area contributed by atoms with E-state index in [2.05, 4.69) is 17.4 Å². The minimum Gasteiger partial charge on any atom is -0.494 e. The van der Waals surface area contributed by atoms with Gasteiger partial charge in [0.15, 0.2) is 5.82 Å². The molecule has 2 aromatic rings. The van der Waals surface area contributed by atoms with Crippen LogP contribution < -0.4 is 10.1 Å². The molecule has 0 aliphatic rings. The third-order valence-corrected chi connectivity index (χ3v) is 3.25. The normalized spacial score (nSPS) is 10.5. The van der Waals surface area contributed by atoms with Crippen LogP contribution in [0.4, 0.5) is 5.82 Å². The maximum absolute atomic E-state index is 12.0. The Hall–Kier alpha value is -2.30. The van der Waals surface area contributed by atoms with E-state index in [9.17, 15) is 4.79 Å². The van der Waals surface area contributed by atoms with Crippen molar-refractivity contribution in [3.8, 4) is 5.75 Å². The second-order valence-corrected chi connectivity index (χ2v) is 5.21. The van der Waals surface area contributed by atoms with Crippen molar-refractivity contribution in [1.29, 1.82) is 0 Å². The summed E-state index contributed by atoms with van der Waals surface area (Å²) in [6.45, 7) is 4.67. The Morgan fingerprint density at radius 2 is 2.00 bits per heavy atom. The predicted molar refractivity (Wildman–Crippen MR) is 85.3 cm³/mol. The highest BCUT2D eigenvalue weighted by Gasteiger charge is 2.08. The summed E-state index contributed by atoms with van der Waals surface area (Å²) in [5.74, 6) is 1.63. The maximum Gasteiger partial charge on any atom is 0.256 e. The average Bonchev–Trinajstić information content (AvgIpc) is 2.93. The van der Waals surface area contributed by atoms with Crippen molar-refractivity contribution in [1.82, 2.24) is 5.16 Å². The largest absolute Gasteiger partial charge is 0.494 e. The van der Waals surface area contributed by atoms with Crippen molar-refractivity contribution >= 4 is 11.7 Å². The molecule has 5 heteroatoms. The van der Waals surface area contributed by atoms with Crippen LogP contribution in [0.25, 0.3) is 0 Å². The zero-order valence-electron chi connectivity index (χ0n) is 13.1. The van der Waals surface area contributed by atoms with Crippen LogP contribution in [0.2, 0.25) is 0 Å². The van der Waals surface area contributed by atoms with Crippen LogP contribution in [-0.2, 0) is 0 Å². The van der Waals surface area contributed by atoms with Crippen molar-refractivity contribution in [3.63, 3.8) is 0 Å². The average molecular weight is 302 g/mol. The van der Waals surface area contributed by atoms with Gasteiger partial charge in [0.2, 0.25) is 0 Å². The highest BCUT2D eigenvalue weighted by atomic mass is 16.5. The molecule has 0 bridgehead atoms. The predicted octanol–water partition coefficient (Wildman–Crippen LogP) is 4.19. The molecular formula is C17H22N2O3. The molecule has 1 N–H and O–H groups in total. The van der Waals surface area contributed by atoms with Gasteiger partial charge in [0, 0.05) is 11.6 Å². The van der Waals surface area contributed by atoms with E-state index in [0.717, 1.165) is 12.2 Å². The van der Waals surface area contributed by atoms with Gasteiger partial charge in [-0.05, 0) is 37.6 Å². The van der Waals surface area contributed by atoms with Crippen molar-refractivity contribution in [2.75, 3.05) is 11.9 Å². The Bertz CT molecular complexity index is 590. The molecule has 0 saturated heterocycles. The highest BCUT2D eigenvalue weighted by Crippen LogP contribution is 2.15. The third kappa shape index (κ3) is 4.91. The molecule has 1 aromatic carbocycles. The molecule has 22 heavy (non-hydrogen) atoms. The Morgan fingerprint density at radius 1 is 1.23 bits per heavy atom. The van der Waals surface area contributed by atoms with E-state index in [-0.39, 0.29) is 5.91 Å². The number of aromatic nitrogens is 1. The number of unbranched alkanes of at least 4 members (excludes halogenated alkanes) is 3. The SMILES string of the molecule is CCCCCCOc1ccc(C(=O)Nc2cc(C)on2)cc1. The molecule has 0 aliphatic carbocycles. The lowest BCUT2D eigenvalue weighted by molar-refractivity contribution is 0.102. The number of hydrogen-bond donors (Lipinski definition) is 1. The highest BCUT2D eigenvalue weighted by molar-refractivity contribution is 6.03. The second-order valence-electron chi connectivity index (χ2n) is 5.21. The molecular weight excluding hydrogens is 280 g/mol. The number of ether oxygens (including phenoxy) is 1. The van der Waals surface area contributed by atoms with Crippen LogP contribution in [0.15, 0.2) is 34.9 Å².